The lowest BCUT2D eigenvalue weighted by Crippen LogP contribution is -2.28. The minimum absolute atomic E-state index is 0.207. The van der Waals surface area contributed by atoms with Gasteiger partial charge in [-0.15, -0.1) is 0 Å². The molecule has 0 aliphatic rings. The molecule has 0 atom stereocenters. The van der Waals surface area contributed by atoms with Crippen molar-refractivity contribution in [1.29, 1.82) is 0 Å². The van der Waals surface area contributed by atoms with Crippen LogP contribution in [0.5, 0.6) is 17.2 Å². The number of nitrogens with zero attached hydrogens (tertiary/aromatic N) is 1. The number of aryl methyl sites for hydroxylation is 2. The number of carbonyl (C=O) groups excluding carboxylic acids is 1. The smallest absolute Gasteiger partial charge is 0.251 e. The molecule has 1 heterocycles. The van der Waals surface area contributed by atoms with E-state index in [9.17, 15) is 4.79 Å². The number of nitrogens with one attached hydrogen (secondary N) is 1. The maximum absolute atomic E-state index is 12.6. The number of hydrogen-bond donors (Lipinski definition) is 1. The van der Waals surface area contributed by atoms with Gasteiger partial charge in [-0.2, -0.15) is 0 Å². The summed E-state index contributed by atoms with van der Waals surface area (Å²) in [6.07, 6.45) is 0. The number of aromatic nitrogens is 1. The van der Waals surface area contributed by atoms with Gasteiger partial charge in [-0.25, -0.2) is 0 Å². The Morgan fingerprint density at radius 3 is 2.53 bits per heavy atom. The summed E-state index contributed by atoms with van der Waals surface area (Å²) in [6, 6.07) is 13.0. The molecule has 7 nitrogen and oxygen atoms in total. The number of ether oxygens (including phenoxy) is 3. The number of hydrogen-bond acceptors (Lipinski definition) is 6. The van der Waals surface area contributed by atoms with Crippen molar-refractivity contribution < 1.29 is 23.5 Å². The third-order valence-electron chi connectivity index (χ3n) is 5.17. The van der Waals surface area contributed by atoms with E-state index in [-0.39, 0.29) is 5.91 Å². The maximum Gasteiger partial charge on any atom is 0.251 e. The van der Waals surface area contributed by atoms with Gasteiger partial charge >= 0.3 is 0 Å². The molecule has 1 N–H and O–H groups in total. The van der Waals surface area contributed by atoms with Gasteiger partial charge < -0.3 is 24.1 Å². The monoisotopic (exact) mass is 438 g/mol. The molecule has 32 heavy (non-hydrogen) atoms. The summed E-state index contributed by atoms with van der Waals surface area (Å²) in [7, 11) is 1.54. The van der Waals surface area contributed by atoms with E-state index < -0.39 is 0 Å². The number of methoxy groups -OCH3 is 1. The average molecular weight is 439 g/mol. The van der Waals surface area contributed by atoms with Crippen LogP contribution >= 0.6 is 0 Å². The van der Waals surface area contributed by atoms with Crippen molar-refractivity contribution in [2.24, 2.45) is 0 Å². The molecule has 7 heteroatoms. The molecule has 170 valence electrons. The fourth-order valence-electron chi connectivity index (χ4n) is 3.30. The Labute approximate surface area is 188 Å². The fourth-order valence-corrected chi connectivity index (χ4v) is 3.30. The lowest BCUT2D eigenvalue weighted by molar-refractivity contribution is 0.0946. The lowest BCUT2D eigenvalue weighted by Gasteiger charge is -2.14. The molecule has 2 aromatic carbocycles. The van der Waals surface area contributed by atoms with Crippen molar-refractivity contribution in [3.05, 3.63) is 70.6 Å². The van der Waals surface area contributed by atoms with Gasteiger partial charge in [0.15, 0.2) is 11.5 Å². The molecule has 3 aromatic rings. The second-order valence-corrected chi connectivity index (χ2v) is 7.75. The van der Waals surface area contributed by atoms with Crippen LogP contribution in [-0.2, 0) is 6.61 Å². The molecule has 0 aliphatic heterocycles. The van der Waals surface area contributed by atoms with Crippen molar-refractivity contribution in [1.82, 2.24) is 10.5 Å². The average Bonchev–Trinajstić information content (AvgIpc) is 3.12. The second-order valence-electron chi connectivity index (χ2n) is 7.75. The first-order valence-electron chi connectivity index (χ1n) is 10.6. The summed E-state index contributed by atoms with van der Waals surface area (Å²) in [5.41, 5.74) is 3.31. The molecule has 0 spiro atoms. The fraction of sp³-hybridized carbons (Fsp3) is 0.360. The quantitative estimate of drug-likeness (QED) is 0.457. The summed E-state index contributed by atoms with van der Waals surface area (Å²) >= 11 is 0. The Hall–Kier alpha value is -3.48. The molecule has 3 rings (SSSR count). The molecular formula is C25H30N2O5. The molecule has 0 aliphatic carbocycles. The highest BCUT2D eigenvalue weighted by molar-refractivity contribution is 5.94. The van der Waals surface area contributed by atoms with Crippen LogP contribution in [0.1, 0.15) is 52.7 Å². The number of benzene rings is 2. The zero-order valence-electron chi connectivity index (χ0n) is 19.2. The van der Waals surface area contributed by atoms with Gasteiger partial charge in [0.2, 0.25) is 0 Å². The van der Waals surface area contributed by atoms with Crippen molar-refractivity contribution in [3.63, 3.8) is 0 Å². The highest BCUT2D eigenvalue weighted by atomic mass is 16.5. The van der Waals surface area contributed by atoms with E-state index >= 15 is 0 Å². The van der Waals surface area contributed by atoms with E-state index in [1.807, 2.05) is 32.0 Å². The number of carbonyl (C=O) groups is 1. The SMILES string of the molecule is COc1cc(C(=O)NCCOc2ccccc2C(C)C)ccc1OCc1c(C)noc1C. The van der Waals surface area contributed by atoms with E-state index in [1.165, 1.54) is 0 Å². The first kappa shape index (κ1) is 23.2. The van der Waals surface area contributed by atoms with E-state index in [4.69, 9.17) is 18.7 Å². The maximum atomic E-state index is 12.6. The molecule has 0 bridgehead atoms. The van der Waals surface area contributed by atoms with E-state index in [0.29, 0.717) is 42.7 Å². The van der Waals surface area contributed by atoms with Gasteiger partial charge in [0, 0.05) is 5.56 Å². The standard InChI is InChI=1S/C25H30N2O5/c1-16(2)20-8-6-7-9-22(20)30-13-12-26-25(28)19-10-11-23(24(14-19)29-5)31-15-21-17(3)27-32-18(21)4/h6-11,14,16H,12-13,15H2,1-5H3,(H,26,28). The highest BCUT2D eigenvalue weighted by Crippen LogP contribution is 2.29. The predicted molar refractivity (Wildman–Crippen MR) is 122 cm³/mol. The number of rotatable bonds is 10. The Morgan fingerprint density at radius 1 is 1.06 bits per heavy atom. The van der Waals surface area contributed by atoms with Crippen molar-refractivity contribution in [2.45, 2.75) is 40.2 Å². The first-order chi connectivity index (χ1) is 15.4. The molecule has 0 unspecified atom stereocenters. The molecule has 1 amide bonds. The van der Waals surface area contributed by atoms with Crippen LogP contribution < -0.4 is 19.5 Å². The Kier molecular flexibility index (Phi) is 7.76. The van der Waals surface area contributed by atoms with Crippen molar-refractivity contribution in [2.75, 3.05) is 20.3 Å². The summed E-state index contributed by atoms with van der Waals surface area (Å²) in [5, 5.41) is 6.80. The van der Waals surface area contributed by atoms with Crippen LogP contribution in [0.4, 0.5) is 0 Å². The normalized spacial score (nSPS) is 10.8. The Morgan fingerprint density at radius 2 is 1.84 bits per heavy atom. The second kappa shape index (κ2) is 10.7. The van der Waals surface area contributed by atoms with Crippen LogP contribution in [0.25, 0.3) is 0 Å². The van der Waals surface area contributed by atoms with Crippen LogP contribution in [0.15, 0.2) is 47.0 Å². The third-order valence-corrected chi connectivity index (χ3v) is 5.17. The first-order valence-corrected chi connectivity index (χ1v) is 10.6. The summed E-state index contributed by atoms with van der Waals surface area (Å²) in [6.45, 7) is 9.03. The molecule has 0 fully saturated rings. The minimum Gasteiger partial charge on any atom is -0.493 e. The van der Waals surface area contributed by atoms with Gasteiger partial charge in [0.05, 0.1) is 24.9 Å². The number of para-hydroxylation sites is 1. The summed E-state index contributed by atoms with van der Waals surface area (Å²) in [5.74, 6) is 2.74. The van der Waals surface area contributed by atoms with Crippen LogP contribution in [0.3, 0.4) is 0 Å². The van der Waals surface area contributed by atoms with Crippen molar-refractivity contribution >= 4 is 5.91 Å². The molecule has 0 saturated carbocycles. The van der Waals surface area contributed by atoms with Crippen LogP contribution in [0, 0.1) is 13.8 Å². The van der Waals surface area contributed by atoms with E-state index in [2.05, 4.69) is 30.4 Å². The van der Waals surface area contributed by atoms with E-state index in [1.54, 1.807) is 25.3 Å². The van der Waals surface area contributed by atoms with Crippen LogP contribution in [0.2, 0.25) is 0 Å². The zero-order chi connectivity index (χ0) is 23.1. The largest absolute Gasteiger partial charge is 0.493 e. The minimum atomic E-state index is -0.207. The number of amides is 1. The topological polar surface area (TPSA) is 82.8 Å². The summed E-state index contributed by atoms with van der Waals surface area (Å²) in [4.78, 5) is 12.6. The molecule has 0 saturated heterocycles. The van der Waals surface area contributed by atoms with Gasteiger partial charge in [-0.1, -0.05) is 37.2 Å². The zero-order valence-corrected chi connectivity index (χ0v) is 19.2. The molecule has 1 aromatic heterocycles. The van der Waals surface area contributed by atoms with Gasteiger partial charge in [-0.05, 0) is 49.6 Å². The van der Waals surface area contributed by atoms with Gasteiger partial charge in [-0.3, -0.25) is 4.79 Å². The van der Waals surface area contributed by atoms with Gasteiger partial charge in [0.25, 0.3) is 5.91 Å². The Balaban J connectivity index is 1.55. The predicted octanol–water partition coefficient (Wildman–Crippen LogP) is 4.81. The van der Waals surface area contributed by atoms with Gasteiger partial charge in [0.1, 0.15) is 24.7 Å². The third kappa shape index (κ3) is 5.60. The van der Waals surface area contributed by atoms with Crippen molar-refractivity contribution in [3.8, 4) is 17.2 Å². The van der Waals surface area contributed by atoms with E-state index in [0.717, 1.165) is 28.3 Å². The lowest BCUT2D eigenvalue weighted by atomic mass is 10.0. The Bertz CT molecular complexity index is 1040. The summed E-state index contributed by atoms with van der Waals surface area (Å²) < 4.78 is 22.3. The molecular weight excluding hydrogens is 408 g/mol. The van der Waals surface area contributed by atoms with Crippen LogP contribution in [-0.4, -0.2) is 31.3 Å². The molecule has 0 radical (unpaired) electrons. The highest BCUT2D eigenvalue weighted by Gasteiger charge is 2.14.